The number of hydrogen-bond acceptors (Lipinski definition) is 5. The summed E-state index contributed by atoms with van der Waals surface area (Å²) in [5, 5.41) is 6.60. The van der Waals surface area contributed by atoms with Crippen LogP contribution in [0, 0.1) is 0 Å². The number of thiophene rings is 1. The first-order valence-electron chi connectivity index (χ1n) is 6.54. The molecule has 2 aromatic rings. The van der Waals surface area contributed by atoms with E-state index in [1.807, 2.05) is 12.4 Å². The first-order valence-corrected chi connectivity index (χ1v) is 8.97. The Balaban J connectivity index is 1.97. The molecule has 1 aromatic carbocycles. The molecule has 0 aliphatic rings. The van der Waals surface area contributed by atoms with E-state index >= 15 is 0 Å². The smallest absolute Gasteiger partial charge is 0.261 e. The lowest BCUT2D eigenvalue weighted by atomic mass is 10.3. The van der Waals surface area contributed by atoms with Crippen molar-refractivity contribution in [2.24, 2.45) is 0 Å². The van der Waals surface area contributed by atoms with Crippen LogP contribution in [0.15, 0.2) is 46.0 Å². The lowest BCUT2D eigenvalue weighted by Gasteiger charge is -2.08. The van der Waals surface area contributed by atoms with Gasteiger partial charge in [-0.05, 0) is 55.7 Å². The highest BCUT2D eigenvalue weighted by molar-refractivity contribution is 7.92. The first kappa shape index (κ1) is 15.8. The van der Waals surface area contributed by atoms with Gasteiger partial charge in [0, 0.05) is 5.38 Å². The van der Waals surface area contributed by atoms with Gasteiger partial charge >= 0.3 is 0 Å². The second-order valence-electron chi connectivity index (χ2n) is 4.39. The van der Waals surface area contributed by atoms with Gasteiger partial charge in [-0.3, -0.25) is 4.72 Å². The Hall–Kier alpha value is -1.57. The summed E-state index contributed by atoms with van der Waals surface area (Å²) in [4.78, 5) is 0.219. The molecule has 21 heavy (non-hydrogen) atoms. The fourth-order valence-corrected chi connectivity index (χ4v) is 3.40. The Kier molecular flexibility index (Phi) is 5.60. The quantitative estimate of drug-likeness (QED) is 0.732. The third kappa shape index (κ3) is 4.73. The van der Waals surface area contributed by atoms with Gasteiger partial charge in [0.1, 0.15) is 5.75 Å². The molecular weight excluding hydrogens is 308 g/mol. The number of benzene rings is 1. The van der Waals surface area contributed by atoms with Crippen LogP contribution in [0.4, 0.5) is 5.69 Å². The molecule has 0 aliphatic heterocycles. The zero-order valence-electron chi connectivity index (χ0n) is 11.7. The fourth-order valence-electron chi connectivity index (χ4n) is 1.69. The summed E-state index contributed by atoms with van der Waals surface area (Å²) in [5.74, 6) is 0.667. The molecule has 0 spiro atoms. The molecule has 0 unspecified atom stereocenters. The molecular formula is C14H18N2O3S2. The van der Waals surface area contributed by atoms with Gasteiger partial charge < -0.3 is 10.1 Å². The molecule has 0 saturated heterocycles. The maximum atomic E-state index is 12.2. The monoisotopic (exact) mass is 326 g/mol. The van der Waals surface area contributed by atoms with Crippen molar-refractivity contribution >= 4 is 27.0 Å². The summed E-state index contributed by atoms with van der Waals surface area (Å²) in [6.07, 6.45) is 0.899. The van der Waals surface area contributed by atoms with Gasteiger partial charge in [-0.2, -0.15) is 11.3 Å². The number of nitrogens with one attached hydrogen (secondary N) is 2. The van der Waals surface area contributed by atoms with Gasteiger partial charge in [-0.1, -0.05) is 0 Å². The van der Waals surface area contributed by atoms with Gasteiger partial charge in [-0.15, -0.1) is 0 Å². The molecule has 1 heterocycles. The Labute approximate surface area is 129 Å². The van der Waals surface area contributed by atoms with Crippen LogP contribution in [-0.4, -0.2) is 28.6 Å². The zero-order valence-corrected chi connectivity index (χ0v) is 13.3. The Morgan fingerprint density at radius 2 is 1.95 bits per heavy atom. The average Bonchev–Trinajstić information content (AvgIpc) is 2.96. The van der Waals surface area contributed by atoms with Crippen molar-refractivity contribution < 1.29 is 13.2 Å². The second-order valence-corrected chi connectivity index (χ2v) is 6.86. The van der Waals surface area contributed by atoms with E-state index in [0.717, 1.165) is 13.0 Å². The SMILES string of the molecule is CNCCCOc1ccc(S(=O)(=O)Nc2ccsc2)cc1. The van der Waals surface area contributed by atoms with Crippen LogP contribution in [0.5, 0.6) is 5.75 Å². The third-order valence-corrected chi connectivity index (χ3v) is 4.83. The van der Waals surface area contributed by atoms with Crippen LogP contribution in [0.25, 0.3) is 0 Å². The molecule has 0 saturated carbocycles. The number of sulfonamides is 1. The van der Waals surface area contributed by atoms with E-state index < -0.39 is 10.0 Å². The van der Waals surface area contributed by atoms with Crippen molar-refractivity contribution in [1.29, 1.82) is 0 Å². The highest BCUT2D eigenvalue weighted by Gasteiger charge is 2.14. The minimum Gasteiger partial charge on any atom is -0.494 e. The standard InChI is InChI=1S/C14H18N2O3S2/c1-15-8-2-9-19-13-3-5-14(6-4-13)21(17,18)16-12-7-10-20-11-12/h3-7,10-11,15-16H,2,8-9H2,1H3. The molecule has 114 valence electrons. The largest absolute Gasteiger partial charge is 0.494 e. The maximum absolute atomic E-state index is 12.2. The van der Waals surface area contributed by atoms with E-state index in [-0.39, 0.29) is 4.90 Å². The van der Waals surface area contributed by atoms with Crippen LogP contribution in [-0.2, 0) is 10.0 Å². The summed E-state index contributed by atoms with van der Waals surface area (Å²) in [6.45, 7) is 1.48. The summed E-state index contributed by atoms with van der Waals surface area (Å²) >= 11 is 1.44. The normalized spacial score (nSPS) is 11.3. The van der Waals surface area contributed by atoms with Crippen molar-refractivity contribution in [3.8, 4) is 5.75 Å². The molecule has 0 amide bonds. The molecule has 7 heteroatoms. The molecule has 1 aromatic heterocycles. The van der Waals surface area contributed by atoms with Gasteiger partial charge in [0.05, 0.1) is 17.2 Å². The predicted octanol–water partition coefficient (Wildman–Crippen LogP) is 2.54. The highest BCUT2D eigenvalue weighted by atomic mass is 32.2. The van der Waals surface area contributed by atoms with Crippen LogP contribution in [0.2, 0.25) is 0 Å². The minimum atomic E-state index is -3.54. The molecule has 2 rings (SSSR count). The molecule has 0 fully saturated rings. The molecule has 2 N–H and O–H groups in total. The van der Waals surface area contributed by atoms with Gasteiger partial charge in [0.2, 0.25) is 0 Å². The van der Waals surface area contributed by atoms with Gasteiger partial charge in [0.15, 0.2) is 0 Å². The summed E-state index contributed by atoms with van der Waals surface area (Å²) in [7, 11) is -1.65. The first-order chi connectivity index (χ1) is 10.1. The fraction of sp³-hybridized carbons (Fsp3) is 0.286. The number of anilines is 1. The van der Waals surface area contributed by atoms with Crippen molar-refractivity contribution in [3.05, 3.63) is 41.1 Å². The number of hydrogen-bond donors (Lipinski definition) is 2. The van der Waals surface area contributed by atoms with Crippen LogP contribution in [0.3, 0.4) is 0 Å². The number of rotatable bonds is 8. The number of ether oxygens (including phenoxy) is 1. The predicted molar refractivity (Wildman–Crippen MR) is 85.6 cm³/mol. The lowest BCUT2D eigenvalue weighted by Crippen LogP contribution is -2.13. The van der Waals surface area contributed by atoms with E-state index in [4.69, 9.17) is 4.74 Å². The summed E-state index contributed by atoms with van der Waals surface area (Å²) in [5.41, 5.74) is 0.576. The maximum Gasteiger partial charge on any atom is 0.261 e. The summed E-state index contributed by atoms with van der Waals surface area (Å²) in [6, 6.07) is 8.15. The van der Waals surface area contributed by atoms with Crippen molar-refractivity contribution in [3.63, 3.8) is 0 Å². The van der Waals surface area contributed by atoms with E-state index in [2.05, 4.69) is 10.0 Å². The average molecular weight is 326 g/mol. The van der Waals surface area contributed by atoms with Gasteiger partial charge in [0.25, 0.3) is 10.0 Å². The van der Waals surface area contributed by atoms with Crippen LogP contribution >= 0.6 is 11.3 Å². The van der Waals surface area contributed by atoms with Crippen LogP contribution in [0.1, 0.15) is 6.42 Å². The minimum absolute atomic E-state index is 0.219. The topological polar surface area (TPSA) is 67.4 Å². The molecule has 0 bridgehead atoms. The van der Waals surface area contributed by atoms with E-state index in [0.29, 0.717) is 18.0 Å². The molecule has 0 aliphatic carbocycles. The van der Waals surface area contributed by atoms with Crippen LogP contribution < -0.4 is 14.8 Å². The molecule has 0 atom stereocenters. The Morgan fingerprint density at radius 3 is 2.57 bits per heavy atom. The molecule has 5 nitrogen and oxygen atoms in total. The second kappa shape index (κ2) is 7.44. The highest BCUT2D eigenvalue weighted by Crippen LogP contribution is 2.20. The Bertz CT molecular complexity index is 637. The zero-order chi connectivity index (χ0) is 15.1. The van der Waals surface area contributed by atoms with E-state index in [1.165, 1.54) is 11.3 Å². The van der Waals surface area contributed by atoms with E-state index in [1.54, 1.807) is 35.7 Å². The van der Waals surface area contributed by atoms with Crippen molar-refractivity contribution in [1.82, 2.24) is 5.32 Å². The Morgan fingerprint density at radius 1 is 1.19 bits per heavy atom. The van der Waals surface area contributed by atoms with E-state index in [9.17, 15) is 8.42 Å². The van der Waals surface area contributed by atoms with Gasteiger partial charge in [-0.25, -0.2) is 8.42 Å². The third-order valence-electron chi connectivity index (χ3n) is 2.75. The van der Waals surface area contributed by atoms with Crippen molar-refractivity contribution in [2.45, 2.75) is 11.3 Å². The molecule has 0 radical (unpaired) electrons. The lowest BCUT2D eigenvalue weighted by molar-refractivity contribution is 0.309. The van der Waals surface area contributed by atoms with Crippen molar-refractivity contribution in [2.75, 3.05) is 24.9 Å². The summed E-state index contributed by atoms with van der Waals surface area (Å²) < 4.78 is 32.4.